The molecule has 0 fully saturated rings. The largest absolute Gasteiger partial charge is 0.494 e. The molecule has 0 spiro atoms. The molecule has 0 atom stereocenters. The van der Waals surface area contributed by atoms with Gasteiger partial charge < -0.3 is 10.1 Å². The first-order valence-electron chi connectivity index (χ1n) is 9.50. The Morgan fingerprint density at radius 2 is 1.62 bits per heavy atom. The van der Waals surface area contributed by atoms with Gasteiger partial charge in [-0.25, -0.2) is 0 Å². The molecule has 0 saturated carbocycles. The average Bonchev–Trinajstić information content (AvgIpc) is 2.58. The van der Waals surface area contributed by atoms with E-state index in [0.717, 1.165) is 11.4 Å². The molecular weight excluding hydrogens is 322 g/mol. The van der Waals surface area contributed by atoms with Gasteiger partial charge in [0.25, 0.3) is 0 Å². The molecule has 1 N–H and O–H groups in total. The Bertz CT molecular complexity index is 708. The van der Waals surface area contributed by atoms with Crippen LogP contribution in [0.3, 0.4) is 0 Å². The lowest BCUT2D eigenvalue weighted by Gasteiger charge is -2.20. The van der Waals surface area contributed by atoms with E-state index in [2.05, 4.69) is 51.2 Å². The van der Waals surface area contributed by atoms with Crippen LogP contribution in [0.1, 0.15) is 69.1 Å². The zero-order valence-electron chi connectivity index (χ0n) is 16.6. The number of hydrogen-bond donors (Lipinski definition) is 1. The fourth-order valence-corrected chi connectivity index (χ4v) is 3.03. The lowest BCUT2D eigenvalue weighted by Crippen LogP contribution is -2.16. The van der Waals surface area contributed by atoms with Crippen LogP contribution in [0.5, 0.6) is 5.75 Å². The van der Waals surface area contributed by atoms with Crippen molar-refractivity contribution >= 4 is 11.6 Å². The minimum atomic E-state index is 0.0489. The van der Waals surface area contributed by atoms with Crippen molar-refractivity contribution in [1.29, 1.82) is 0 Å². The van der Waals surface area contributed by atoms with Crippen LogP contribution in [-0.4, -0.2) is 12.5 Å². The lowest BCUT2D eigenvalue weighted by atomic mass is 9.92. The number of nitrogens with one attached hydrogen (secondary N) is 1. The van der Waals surface area contributed by atoms with Gasteiger partial charge in [0.2, 0.25) is 5.91 Å². The topological polar surface area (TPSA) is 38.3 Å². The normalized spacial score (nSPS) is 11.0. The number of anilines is 1. The molecule has 0 aliphatic carbocycles. The van der Waals surface area contributed by atoms with Gasteiger partial charge in [0.1, 0.15) is 5.75 Å². The Morgan fingerprint density at radius 3 is 2.19 bits per heavy atom. The molecule has 0 radical (unpaired) electrons. The SMILES string of the molecule is Cc1cccc(OCCCC(=O)Nc2c(C(C)C)cccc2C(C)C)c1. The number of amides is 1. The Kier molecular flexibility index (Phi) is 7.26. The van der Waals surface area contributed by atoms with E-state index in [4.69, 9.17) is 4.74 Å². The van der Waals surface area contributed by atoms with Gasteiger partial charge in [-0.1, -0.05) is 58.0 Å². The van der Waals surface area contributed by atoms with E-state index in [9.17, 15) is 4.79 Å². The molecule has 2 rings (SSSR count). The number of para-hydroxylation sites is 1. The van der Waals surface area contributed by atoms with E-state index in [1.165, 1.54) is 16.7 Å². The van der Waals surface area contributed by atoms with Crippen LogP contribution in [0.4, 0.5) is 5.69 Å². The minimum absolute atomic E-state index is 0.0489. The van der Waals surface area contributed by atoms with Crippen molar-refractivity contribution in [2.75, 3.05) is 11.9 Å². The van der Waals surface area contributed by atoms with Crippen LogP contribution in [0.25, 0.3) is 0 Å². The zero-order chi connectivity index (χ0) is 19.1. The van der Waals surface area contributed by atoms with Gasteiger partial charge in [0.15, 0.2) is 0 Å². The molecule has 2 aromatic carbocycles. The second-order valence-corrected chi connectivity index (χ2v) is 7.44. The van der Waals surface area contributed by atoms with Crippen molar-refractivity contribution in [3.8, 4) is 5.75 Å². The predicted octanol–water partition coefficient (Wildman–Crippen LogP) is 6.04. The smallest absolute Gasteiger partial charge is 0.224 e. The standard InChI is InChI=1S/C23H31NO2/c1-16(2)20-11-7-12-21(17(3)4)23(20)24-22(25)13-8-14-26-19-10-6-9-18(5)15-19/h6-7,9-12,15-17H,8,13-14H2,1-5H3,(H,24,25). The number of carbonyl (C=O) groups excluding carboxylic acids is 1. The fourth-order valence-electron chi connectivity index (χ4n) is 3.03. The van der Waals surface area contributed by atoms with Gasteiger partial charge in [-0.05, 0) is 54.0 Å². The maximum atomic E-state index is 12.5. The van der Waals surface area contributed by atoms with Gasteiger partial charge in [0, 0.05) is 12.1 Å². The molecule has 0 aliphatic heterocycles. The highest BCUT2D eigenvalue weighted by Gasteiger charge is 2.15. The van der Waals surface area contributed by atoms with Crippen molar-refractivity contribution in [1.82, 2.24) is 0 Å². The van der Waals surface area contributed by atoms with Crippen LogP contribution < -0.4 is 10.1 Å². The molecule has 26 heavy (non-hydrogen) atoms. The van der Waals surface area contributed by atoms with E-state index < -0.39 is 0 Å². The number of rotatable bonds is 8. The van der Waals surface area contributed by atoms with Crippen molar-refractivity contribution in [2.45, 2.75) is 59.3 Å². The summed E-state index contributed by atoms with van der Waals surface area (Å²) in [6.07, 6.45) is 1.15. The summed E-state index contributed by atoms with van der Waals surface area (Å²) < 4.78 is 5.73. The summed E-state index contributed by atoms with van der Waals surface area (Å²) in [5.74, 6) is 1.65. The number of benzene rings is 2. The molecule has 0 saturated heterocycles. The summed E-state index contributed by atoms with van der Waals surface area (Å²) in [5, 5.41) is 3.16. The molecule has 140 valence electrons. The van der Waals surface area contributed by atoms with Crippen molar-refractivity contribution in [2.24, 2.45) is 0 Å². The molecular formula is C23H31NO2. The summed E-state index contributed by atoms with van der Waals surface area (Å²) in [5.41, 5.74) is 4.55. The molecule has 1 amide bonds. The highest BCUT2D eigenvalue weighted by atomic mass is 16.5. The van der Waals surface area contributed by atoms with Crippen LogP contribution in [0.2, 0.25) is 0 Å². The Balaban J connectivity index is 1.93. The molecule has 3 heteroatoms. The van der Waals surface area contributed by atoms with Gasteiger partial charge in [0.05, 0.1) is 6.61 Å². The summed E-state index contributed by atoms with van der Waals surface area (Å²) in [7, 11) is 0. The molecule has 0 bridgehead atoms. The first kappa shape index (κ1) is 20.0. The predicted molar refractivity (Wildman–Crippen MR) is 109 cm³/mol. The Morgan fingerprint density at radius 1 is 1.00 bits per heavy atom. The maximum Gasteiger partial charge on any atom is 0.224 e. The third-order valence-corrected chi connectivity index (χ3v) is 4.44. The number of ether oxygens (including phenoxy) is 1. The quantitative estimate of drug-likeness (QED) is 0.588. The first-order chi connectivity index (χ1) is 12.4. The van der Waals surface area contributed by atoms with Crippen molar-refractivity contribution in [3.63, 3.8) is 0 Å². The minimum Gasteiger partial charge on any atom is -0.494 e. The molecule has 0 unspecified atom stereocenters. The average molecular weight is 354 g/mol. The monoisotopic (exact) mass is 353 g/mol. The van der Waals surface area contributed by atoms with E-state index in [0.29, 0.717) is 31.3 Å². The van der Waals surface area contributed by atoms with Gasteiger partial charge in [-0.3, -0.25) is 4.79 Å². The summed E-state index contributed by atoms with van der Waals surface area (Å²) in [6.45, 7) is 11.2. The van der Waals surface area contributed by atoms with Crippen molar-refractivity contribution < 1.29 is 9.53 Å². The van der Waals surface area contributed by atoms with Crippen molar-refractivity contribution in [3.05, 3.63) is 59.2 Å². The molecule has 0 heterocycles. The molecule has 3 nitrogen and oxygen atoms in total. The zero-order valence-corrected chi connectivity index (χ0v) is 16.6. The van der Waals surface area contributed by atoms with E-state index in [1.807, 2.05) is 31.2 Å². The Hall–Kier alpha value is -2.29. The maximum absolute atomic E-state index is 12.5. The van der Waals surface area contributed by atoms with Crippen LogP contribution in [0.15, 0.2) is 42.5 Å². The van der Waals surface area contributed by atoms with Crippen LogP contribution in [0, 0.1) is 6.92 Å². The second-order valence-electron chi connectivity index (χ2n) is 7.44. The summed E-state index contributed by atoms with van der Waals surface area (Å²) in [6, 6.07) is 14.3. The number of carbonyl (C=O) groups is 1. The molecule has 2 aromatic rings. The third-order valence-electron chi connectivity index (χ3n) is 4.44. The first-order valence-corrected chi connectivity index (χ1v) is 9.50. The van der Waals surface area contributed by atoms with E-state index in [-0.39, 0.29) is 5.91 Å². The fraction of sp³-hybridized carbons (Fsp3) is 0.435. The van der Waals surface area contributed by atoms with E-state index >= 15 is 0 Å². The third kappa shape index (κ3) is 5.62. The van der Waals surface area contributed by atoms with E-state index in [1.54, 1.807) is 0 Å². The number of aryl methyl sites for hydroxylation is 1. The van der Waals surface area contributed by atoms with Gasteiger partial charge >= 0.3 is 0 Å². The highest BCUT2D eigenvalue weighted by molar-refractivity contribution is 5.92. The van der Waals surface area contributed by atoms with Gasteiger partial charge in [-0.15, -0.1) is 0 Å². The molecule has 0 aromatic heterocycles. The van der Waals surface area contributed by atoms with Crippen LogP contribution >= 0.6 is 0 Å². The number of hydrogen-bond acceptors (Lipinski definition) is 2. The summed E-state index contributed by atoms with van der Waals surface area (Å²) >= 11 is 0. The highest BCUT2D eigenvalue weighted by Crippen LogP contribution is 2.32. The second kappa shape index (κ2) is 9.42. The Labute approximate surface area is 157 Å². The summed E-state index contributed by atoms with van der Waals surface area (Å²) in [4.78, 5) is 12.5. The van der Waals surface area contributed by atoms with Gasteiger partial charge in [-0.2, -0.15) is 0 Å². The molecule has 0 aliphatic rings. The lowest BCUT2D eigenvalue weighted by molar-refractivity contribution is -0.116. The van der Waals surface area contributed by atoms with Crippen LogP contribution in [-0.2, 0) is 4.79 Å².